The topological polar surface area (TPSA) is 0 Å². The molecule has 0 N–H and O–H groups in total. The average molecular weight is 293 g/mol. The van der Waals surface area contributed by atoms with Crippen LogP contribution in [0.2, 0.25) is 0 Å². The predicted octanol–water partition coefficient (Wildman–Crippen LogP) is 5.53. The molecule has 0 atom stereocenters. The Morgan fingerprint density at radius 1 is 1.18 bits per heavy atom. The smallest absolute Gasteiger partial charge is 0.0242 e. The summed E-state index contributed by atoms with van der Waals surface area (Å²) < 4.78 is 0. The van der Waals surface area contributed by atoms with Gasteiger partial charge in [0.15, 0.2) is 0 Å². The molecular formula is C16H21Br. The highest BCUT2D eigenvalue weighted by atomic mass is 79.9. The van der Waals surface area contributed by atoms with Crippen LogP contribution < -0.4 is 0 Å². The number of allylic oxidation sites excluding steroid dienone is 1. The fourth-order valence-corrected chi connectivity index (χ4v) is 2.79. The number of rotatable bonds is 3. The molecule has 0 spiro atoms. The van der Waals surface area contributed by atoms with Gasteiger partial charge in [0.2, 0.25) is 0 Å². The number of halogens is 1. The molecule has 1 aromatic carbocycles. The second-order valence-electron chi connectivity index (χ2n) is 5.13. The Morgan fingerprint density at radius 3 is 2.41 bits per heavy atom. The highest BCUT2D eigenvalue weighted by molar-refractivity contribution is 9.09. The van der Waals surface area contributed by atoms with Crippen molar-refractivity contribution in [1.29, 1.82) is 0 Å². The van der Waals surface area contributed by atoms with Crippen LogP contribution in [-0.2, 0) is 0 Å². The summed E-state index contributed by atoms with van der Waals surface area (Å²) in [5.74, 6) is 0.819. The number of hydrogen-bond donors (Lipinski definition) is 0. The molecule has 0 amide bonds. The van der Waals surface area contributed by atoms with Crippen LogP contribution in [0.3, 0.4) is 0 Å². The van der Waals surface area contributed by atoms with E-state index in [1.165, 1.54) is 43.2 Å². The Balaban J connectivity index is 2.07. The largest absolute Gasteiger partial charge is 0.0880 e. The summed E-state index contributed by atoms with van der Waals surface area (Å²) in [5, 5.41) is 0.956. The molecule has 1 heteroatoms. The quantitative estimate of drug-likeness (QED) is 0.642. The summed E-state index contributed by atoms with van der Waals surface area (Å²) in [6.45, 7) is 2.16. The second kappa shape index (κ2) is 6.39. The van der Waals surface area contributed by atoms with Crippen LogP contribution in [0.4, 0.5) is 0 Å². The van der Waals surface area contributed by atoms with Crippen LogP contribution in [0.5, 0.6) is 0 Å². The van der Waals surface area contributed by atoms with Gasteiger partial charge in [0.25, 0.3) is 0 Å². The maximum atomic E-state index is 3.48. The molecule has 1 fully saturated rings. The van der Waals surface area contributed by atoms with Gasteiger partial charge in [-0.2, -0.15) is 0 Å². The van der Waals surface area contributed by atoms with Gasteiger partial charge in [-0.05, 0) is 36.8 Å². The van der Waals surface area contributed by atoms with E-state index in [0.29, 0.717) is 0 Å². The van der Waals surface area contributed by atoms with E-state index in [4.69, 9.17) is 0 Å². The van der Waals surface area contributed by atoms with E-state index in [9.17, 15) is 0 Å². The van der Waals surface area contributed by atoms with Crippen LogP contribution in [0.1, 0.15) is 56.1 Å². The highest BCUT2D eigenvalue weighted by Crippen LogP contribution is 2.32. The van der Waals surface area contributed by atoms with E-state index in [1.54, 1.807) is 5.56 Å². The Labute approximate surface area is 113 Å². The second-order valence-corrected chi connectivity index (χ2v) is 5.69. The monoisotopic (exact) mass is 292 g/mol. The van der Waals surface area contributed by atoms with Crippen molar-refractivity contribution in [3.8, 4) is 0 Å². The van der Waals surface area contributed by atoms with Crippen molar-refractivity contribution in [3.05, 3.63) is 41.0 Å². The summed E-state index contributed by atoms with van der Waals surface area (Å²) in [5.41, 5.74) is 4.23. The van der Waals surface area contributed by atoms with Gasteiger partial charge < -0.3 is 0 Å². The summed E-state index contributed by atoms with van der Waals surface area (Å²) in [7, 11) is 0. The van der Waals surface area contributed by atoms with Crippen LogP contribution in [0.25, 0.3) is 6.08 Å². The zero-order chi connectivity index (χ0) is 12.1. The van der Waals surface area contributed by atoms with Gasteiger partial charge in [-0.25, -0.2) is 0 Å². The SMILES string of the molecule is C/C(=C\c1ccc(C2CCCCC2)cc1)CBr. The summed E-state index contributed by atoms with van der Waals surface area (Å²) in [6.07, 6.45) is 9.27. The van der Waals surface area contributed by atoms with Crippen LogP contribution >= 0.6 is 15.9 Å². The molecule has 0 unspecified atom stereocenters. The lowest BCUT2D eigenvalue weighted by Gasteiger charge is -2.21. The molecule has 0 aromatic heterocycles. The molecule has 2 rings (SSSR count). The van der Waals surface area contributed by atoms with Crippen molar-refractivity contribution in [3.63, 3.8) is 0 Å². The van der Waals surface area contributed by atoms with Crippen molar-refractivity contribution in [1.82, 2.24) is 0 Å². The summed E-state index contributed by atoms with van der Waals surface area (Å²) >= 11 is 3.48. The Bertz CT molecular complexity index is 369. The summed E-state index contributed by atoms with van der Waals surface area (Å²) in [6, 6.07) is 9.17. The molecule has 17 heavy (non-hydrogen) atoms. The lowest BCUT2D eigenvalue weighted by molar-refractivity contribution is 0.443. The molecule has 0 saturated heterocycles. The Morgan fingerprint density at radius 2 is 1.82 bits per heavy atom. The first kappa shape index (κ1) is 12.9. The molecular weight excluding hydrogens is 272 g/mol. The first-order valence-corrected chi connectivity index (χ1v) is 7.75. The van der Waals surface area contributed by atoms with Crippen molar-refractivity contribution < 1.29 is 0 Å². The van der Waals surface area contributed by atoms with Crippen LogP contribution in [-0.4, -0.2) is 5.33 Å². The normalized spacial score (nSPS) is 18.4. The molecule has 0 nitrogen and oxygen atoms in total. The lowest BCUT2D eigenvalue weighted by atomic mass is 9.84. The average Bonchev–Trinajstić information content (AvgIpc) is 2.40. The maximum absolute atomic E-state index is 3.48. The lowest BCUT2D eigenvalue weighted by Crippen LogP contribution is -2.04. The predicted molar refractivity (Wildman–Crippen MR) is 79.7 cm³/mol. The van der Waals surface area contributed by atoms with E-state index in [0.717, 1.165) is 11.2 Å². The molecule has 1 aliphatic rings. The standard InChI is InChI=1S/C16H21Br/c1-13(12-17)11-14-7-9-16(10-8-14)15-5-3-2-4-6-15/h7-11,15H,2-6,12H2,1H3/b13-11+. The van der Waals surface area contributed by atoms with E-state index in [1.807, 2.05) is 0 Å². The first-order chi connectivity index (χ1) is 8.29. The van der Waals surface area contributed by atoms with Gasteiger partial charge in [0, 0.05) is 5.33 Å². The first-order valence-electron chi connectivity index (χ1n) is 6.62. The fourth-order valence-electron chi connectivity index (χ4n) is 2.62. The maximum Gasteiger partial charge on any atom is 0.0242 e. The molecule has 0 bridgehead atoms. The van der Waals surface area contributed by atoms with Gasteiger partial charge in [-0.3, -0.25) is 0 Å². The minimum absolute atomic E-state index is 0.819. The van der Waals surface area contributed by atoms with E-state index in [-0.39, 0.29) is 0 Å². The molecule has 0 heterocycles. The van der Waals surface area contributed by atoms with Crippen molar-refractivity contribution >= 4 is 22.0 Å². The molecule has 92 valence electrons. The molecule has 0 aliphatic heterocycles. The van der Waals surface area contributed by atoms with Gasteiger partial charge >= 0.3 is 0 Å². The van der Waals surface area contributed by atoms with Crippen LogP contribution in [0.15, 0.2) is 29.8 Å². The van der Waals surface area contributed by atoms with Gasteiger partial charge in [-0.15, -0.1) is 0 Å². The van der Waals surface area contributed by atoms with Crippen molar-refractivity contribution in [2.75, 3.05) is 5.33 Å². The van der Waals surface area contributed by atoms with Crippen LogP contribution in [0, 0.1) is 0 Å². The minimum Gasteiger partial charge on any atom is -0.0880 e. The zero-order valence-electron chi connectivity index (χ0n) is 10.6. The van der Waals surface area contributed by atoms with E-state index in [2.05, 4.69) is 53.2 Å². The highest BCUT2D eigenvalue weighted by Gasteiger charge is 2.14. The van der Waals surface area contributed by atoms with E-state index >= 15 is 0 Å². The molecule has 1 aromatic rings. The Hall–Kier alpha value is -0.560. The Kier molecular flexibility index (Phi) is 4.85. The van der Waals surface area contributed by atoms with Gasteiger partial charge in [0.1, 0.15) is 0 Å². The summed E-state index contributed by atoms with van der Waals surface area (Å²) in [4.78, 5) is 0. The van der Waals surface area contributed by atoms with Crippen molar-refractivity contribution in [2.24, 2.45) is 0 Å². The van der Waals surface area contributed by atoms with Gasteiger partial charge in [0.05, 0.1) is 0 Å². The zero-order valence-corrected chi connectivity index (χ0v) is 12.2. The fraction of sp³-hybridized carbons (Fsp3) is 0.500. The minimum atomic E-state index is 0.819. The number of benzene rings is 1. The number of alkyl halides is 1. The molecule has 1 saturated carbocycles. The third-order valence-corrected chi connectivity index (χ3v) is 4.52. The number of hydrogen-bond acceptors (Lipinski definition) is 0. The van der Waals surface area contributed by atoms with Crippen molar-refractivity contribution in [2.45, 2.75) is 44.9 Å². The molecule has 1 aliphatic carbocycles. The third-order valence-electron chi connectivity index (χ3n) is 3.64. The third kappa shape index (κ3) is 3.70. The van der Waals surface area contributed by atoms with Gasteiger partial charge in [-0.1, -0.05) is 71.1 Å². The molecule has 0 radical (unpaired) electrons. The van der Waals surface area contributed by atoms with E-state index < -0.39 is 0 Å².